The molecule has 0 saturated heterocycles. The molecular weight excluding hydrogens is 332 g/mol. The topological polar surface area (TPSA) is 21.4 Å². The van der Waals surface area contributed by atoms with Crippen LogP contribution in [0.15, 0.2) is 53.1 Å². The Balaban J connectivity index is 2.06. The fourth-order valence-electron chi connectivity index (χ4n) is 3.85. The van der Waals surface area contributed by atoms with Crippen LogP contribution in [0.2, 0.25) is 0 Å². The normalized spacial score (nSPS) is 11.4. The Morgan fingerprint density at radius 2 is 1.93 bits per heavy atom. The number of fused-ring (bicyclic) bond motifs is 3. The van der Waals surface area contributed by atoms with E-state index in [1.165, 1.54) is 5.56 Å². The molecule has 0 aliphatic rings. The van der Waals surface area contributed by atoms with E-state index >= 15 is 0 Å². The molecule has 3 heteroatoms. The number of hydrogen-bond acceptors (Lipinski definition) is 1. The summed E-state index contributed by atoms with van der Waals surface area (Å²) >= 11 is 0. The lowest BCUT2D eigenvalue weighted by molar-refractivity contribution is -0.660. The Kier molecular flexibility index (Phi) is 4.20. The van der Waals surface area contributed by atoms with Crippen molar-refractivity contribution < 1.29 is 8.98 Å². The summed E-state index contributed by atoms with van der Waals surface area (Å²) in [5.41, 5.74) is 6.94. The van der Waals surface area contributed by atoms with Crippen molar-refractivity contribution >= 4 is 27.6 Å². The van der Waals surface area contributed by atoms with Crippen molar-refractivity contribution in [3.05, 3.63) is 71.2 Å². The zero-order valence-electron chi connectivity index (χ0n) is 16.2. The minimum atomic E-state index is 0.502. The first kappa shape index (κ1) is 17.3. The Labute approximate surface area is 159 Å². The summed E-state index contributed by atoms with van der Waals surface area (Å²) in [4.78, 5) is 3.90. The van der Waals surface area contributed by atoms with Crippen LogP contribution in [0.3, 0.4) is 0 Å². The number of furan rings is 1. The van der Waals surface area contributed by atoms with Crippen LogP contribution in [-0.4, -0.2) is 0 Å². The van der Waals surface area contributed by atoms with Crippen molar-refractivity contribution in [3.63, 3.8) is 0 Å². The molecule has 4 rings (SSSR count). The lowest BCUT2D eigenvalue weighted by Gasteiger charge is -2.08. The van der Waals surface area contributed by atoms with Crippen LogP contribution in [0.25, 0.3) is 38.0 Å². The highest BCUT2D eigenvalue weighted by Gasteiger charge is 2.19. The lowest BCUT2D eigenvalue weighted by atomic mass is 9.96. The summed E-state index contributed by atoms with van der Waals surface area (Å²) in [6.45, 7) is 14.3. The Morgan fingerprint density at radius 1 is 1.11 bits per heavy atom. The molecule has 0 aliphatic heterocycles. The third kappa shape index (κ3) is 2.88. The minimum Gasteiger partial charge on any atom is -0.457 e. The zero-order chi connectivity index (χ0) is 19.1. The van der Waals surface area contributed by atoms with E-state index in [-0.39, 0.29) is 0 Å². The molecule has 0 atom stereocenters. The van der Waals surface area contributed by atoms with Crippen LogP contribution in [0.5, 0.6) is 0 Å². The van der Waals surface area contributed by atoms with E-state index in [9.17, 15) is 0 Å². The number of aryl methyl sites for hydroxylation is 2. The molecule has 27 heavy (non-hydrogen) atoms. The molecule has 4 aromatic rings. The minimum absolute atomic E-state index is 0.502. The van der Waals surface area contributed by atoms with Gasteiger partial charge in [0, 0.05) is 28.5 Å². The second kappa shape index (κ2) is 6.55. The Bertz CT molecular complexity index is 1210. The first-order chi connectivity index (χ1) is 13.0. The summed E-state index contributed by atoms with van der Waals surface area (Å²) in [6, 6.07) is 14.5. The molecule has 0 bridgehead atoms. The van der Waals surface area contributed by atoms with Gasteiger partial charge in [-0.1, -0.05) is 19.9 Å². The summed E-state index contributed by atoms with van der Waals surface area (Å²) in [6.07, 6.45) is 2.95. The van der Waals surface area contributed by atoms with E-state index in [4.69, 9.17) is 11.0 Å². The van der Waals surface area contributed by atoms with E-state index in [0.29, 0.717) is 5.92 Å². The second-order valence-electron chi connectivity index (χ2n) is 7.62. The van der Waals surface area contributed by atoms with E-state index in [0.717, 1.165) is 50.9 Å². The van der Waals surface area contributed by atoms with Gasteiger partial charge in [-0.25, -0.2) is 9.41 Å². The van der Waals surface area contributed by atoms with Crippen molar-refractivity contribution in [3.8, 4) is 11.3 Å². The van der Waals surface area contributed by atoms with Crippen LogP contribution in [0, 0.1) is 19.4 Å². The lowest BCUT2D eigenvalue weighted by Crippen LogP contribution is -2.30. The summed E-state index contributed by atoms with van der Waals surface area (Å²) in [5.74, 6) is 0.502. The van der Waals surface area contributed by atoms with Crippen LogP contribution < -0.4 is 4.57 Å². The fraction of sp³-hybridized carbons (Fsp3) is 0.250. The Hall–Kier alpha value is -3.12. The molecule has 2 aromatic heterocycles. The van der Waals surface area contributed by atoms with Crippen molar-refractivity contribution in [2.24, 2.45) is 13.0 Å². The largest absolute Gasteiger partial charge is 0.457 e. The van der Waals surface area contributed by atoms with Gasteiger partial charge < -0.3 is 4.42 Å². The van der Waals surface area contributed by atoms with Gasteiger partial charge in [0.05, 0.1) is 6.57 Å². The molecule has 0 unspecified atom stereocenters. The molecule has 2 aromatic carbocycles. The number of rotatable bonds is 3. The standard InChI is InChI=1S/C24H23N2O/c1-15(2)12-17-9-10-21-23(24(17)25-4)19-14-18(16(3)13-22(19)27-21)20-8-6-7-11-26(20)5/h6-11,13-15H,12H2,1-3,5H3/q+1. The molecule has 3 nitrogen and oxygen atoms in total. The van der Waals surface area contributed by atoms with Crippen molar-refractivity contribution in [2.45, 2.75) is 27.2 Å². The quantitative estimate of drug-likeness (QED) is 0.320. The van der Waals surface area contributed by atoms with E-state index in [1.54, 1.807) is 0 Å². The van der Waals surface area contributed by atoms with Gasteiger partial charge in [0.1, 0.15) is 18.2 Å². The van der Waals surface area contributed by atoms with Gasteiger partial charge in [-0.05, 0) is 54.7 Å². The maximum absolute atomic E-state index is 7.80. The van der Waals surface area contributed by atoms with Crippen LogP contribution in [-0.2, 0) is 13.5 Å². The van der Waals surface area contributed by atoms with Gasteiger partial charge in [0.25, 0.3) is 0 Å². The number of benzene rings is 2. The molecule has 0 saturated carbocycles. The smallest absolute Gasteiger partial charge is 0.212 e. The first-order valence-electron chi connectivity index (χ1n) is 9.31. The number of pyridine rings is 1. The van der Waals surface area contributed by atoms with Crippen molar-refractivity contribution in [2.75, 3.05) is 0 Å². The highest BCUT2D eigenvalue weighted by molar-refractivity contribution is 6.13. The average Bonchev–Trinajstić information content (AvgIpc) is 2.98. The molecule has 0 amide bonds. The third-order valence-corrected chi connectivity index (χ3v) is 5.11. The second-order valence-corrected chi connectivity index (χ2v) is 7.62. The molecule has 0 spiro atoms. The van der Waals surface area contributed by atoms with E-state index < -0.39 is 0 Å². The number of aromatic nitrogens is 1. The van der Waals surface area contributed by atoms with E-state index in [1.807, 2.05) is 18.2 Å². The predicted octanol–water partition coefficient (Wildman–Crippen LogP) is 6.14. The van der Waals surface area contributed by atoms with E-state index in [2.05, 4.69) is 67.7 Å². The van der Waals surface area contributed by atoms with Crippen LogP contribution >= 0.6 is 0 Å². The monoisotopic (exact) mass is 355 g/mol. The first-order valence-corrected chi connectivity index (χ1v) is 9.31. The zero-order valence-corrected chi connectivity index (χ0v) is 16.2. The van der Waals surface area contributed by atoms with Crippen molar-refractivity contribution in [1.29, 1.82) is 0 Å². The van der Waals surface area contributed by atoms with Gasteiger partial charge >= 0.3 is 0 Å². The maximum atomic E-state index is 7.80. The van der Waals surface area contributed by atoms with Gasteiger partial charge in [0.15, 0.2) is 6.20 Å². The summed E-state index contributed by atoms with van der Waals surface area (Å²) < 4.78 is 8.23. The maximum Gasteiger partial charge on any atom is 0.212 e. The summed E-state index contributed by atoms with van der Waals surface area (Å²) in [7, 11) is 2.05. The molecule has 0 N–H and O–H groups in total. The molecule has 0 aliphatic carbocycles. The molecule has 0 fully saturated rings. The van der Waals surface area contributed by atoms with Crippen LogP contribution in [0.4, 0.5) is 5.69 Å². The molecule has 0 radical (unpaired) electrons. The highest BCUT2D eigenvalue weighted by Crippen LogP contribution is 2.41. The van der Waals surface area contributed by atoms with Gasteiger partial charge in [-0.2, -0.15) is 0 Å². The predicted molar refractivity (Wildman–Crippen MR) is 110 cm³/mol. The van der Waals surface area contributed by atoms with Crippen molar-refractivity contribution in [1.82, 2.24) is 0 Å². The average molecular weight is 355 g/mol. The number of nitrogens with zero attached hydrogens (tertiary/aromatic N) is 2. The molecule has 2 heterocycles. The fourth-order valence-corrected chi connectivity index (χ4v) is 3.85. The summed E-state index contributed by atoms with van der Waals surface area (Å²) in [5, 5.41) is 1.96. The van der Waals surface area contributed by atoms with Gasteiger partial charge in [-0.15, -0.1) is 0 Å². The number of hydrogen-bond donors (Lipinski definition) is 0. The SMILES string of the molecule is [C-]#[N+]c1c(CC(C)C)ccc2oc3cc(C)c(-c4cccc[n+]4C)cc3c12. The Morgan fingerprint density at radius 3 is 2.63 bits per heavy atom. The van der Waals surface area contributed by atoms with Gasteiger partial charge in [-0.3, -0.25) is 0 Å². The van der Waals surface area contributed by atoms with Crippen LogP contribution in [0.1, 0.15) is 25.0 Å². The molecular formula is C24H23N2O+. The third-order valence-electron chi connectivity index (χ3n) is 5.11. The highest BCUT2D eigenvalue weighted by atomic mass is 16.3. The van der Waals surface area contributed by atoms with Gasteiger partial charge in [0.2, 0.25) is 11.4 Å². The molecule has 134 valence electrons.